The van der Waals surface area contributed by atoms with Crippen molar-refractivity contribution in [1.29, 1.82) is 0 Å². The van der Waals surface area contributed by atoms with Crippen molar-refractivity contribution < 1.29 is 9.72 Å². The van der Waals surface area contributed by atoms with Gasteiger partial charge in [0.15, 0.2) is 0 Å². The van der Waals surface area contributed by atoms with Crippen LogP contribution in [0, 0.1) is 50.5 Å². The molecule has 2 unspecified atom stereocenters. The summed E-state index contributed by atoms with van der Waals surface area (Å²) in [7, 11) is 2.04. The quantitative estimate of drug-likeness (QED) is 0.418. The molecule has 5 rings (SSSR count). The predicted molar refractivity (Wildman–Crippen MR) is 134 cm³/mol. The zero-order valence-corrected chi connectivity index (χ0v) is 21.3. The van der Waals surface area contributed by atoms with Crippen molar-refractivity contribution >= 4 is 17.3 Å². The standard InChI is InChI=1S/C28H41N3O3/c1-18(17-29-19-5-7-20(8-6-19)31(33)34)22-10-11-23-21-9-12-25-28(3,16-14-26(32)30(25)4)24(21)13-15-27(22,23)2/h5-8,18,21-25,29H,9-17H2,1-4H3/t18?,21-,22+,23-,24-,25?,27+,28+/m0/s1. The number of piperidine rings is 1. The third-order valence-electron chi connectivity index (χ3n) is 11.0. The van der Waals surface area contributed by atoms with Crippen LogP contribution in [0.3, 0.4) is 0 Å². The molecule has 1 heterocycles. The van der Waals surface area contributed by atoms with Gasteiger partial charge in [-0.15, -0.1) is 0 Å². The third kappa shape index (κ3) is 3.63. The normalized spacial score (nSPS) is 40.2. The van der Waals surface area contributed by atoms with E-state index in [2.05, 4.69) is 31.0 Å². The molecule has 3 aliphatic carbocycles. The Hall–Kier alpha value is -2.11. The molecule has 8 atom stereocenters. The lowest BCUT2D eigenvalue weighted by molar-refractivity contribution is -0.384. The van der Waals surface area contributed by atoms with E-state index in [0.717, 1.165) is 42.8 Å². The number of hydrogen-bond acceptors (Lipinski definition) is 4. The van der Waals surface area contributed by atoms with Crippen LogP contribution in [0.4, 0.5) is 11.4 Å². The average Bonchev–Trinajstić information content (AvgIpc) is 3.18. The van der Waals surface area contributed by atoms with Gasteiger partial charge >= 0.3 is 0 Å². The molecule has 34 heavy (non-hydrogen) atoms. The first-order valence-corrected chi connectivity index (χ1v) is 13.4. The van der Waals surface area contributed by atoms with Crippen LogP contribution in [0.15, 0.2) is 24.3 Å². The fourth-order valence-electron chi connectivity index (χ4n) is 9.25. The molecule has 1 N–H and O–H groups in total. The van der Waals surface area contributed by atoms with E-state index in [1.54, 1.807) is 12.1 Å². The van der Waals surface area contributed by atoms with Gasteiger partial charge in [0.05, 0.1) is 4.92 Å². The van der Waals surface area contributed by atoms with Gasteiger partial charge in [0.25, 0.3) is 5.69 Å². The number of nitrogens with one attached hydrogen (secondary N) is 1. The monoisotopic (exact) mass is 467 g/mol. The smallest absolute Gasteiger partial charge is 0.269 e. The van der Waals surface area contributed by atoms with Crippen molar-refractivity contribution in [1.82, 2.24) is 4.90 Å². The van der Waals surface area contributed by atoms with Crippen molar-refractivity contribution in [3.63, 3.8) is 0 Å². The molecule has 0 bridgehead atoms. The third-order valence-corrected chi connectivity index (χ3v) is 11.0. The Bertz CT molecular complexity index is 949. The van der Waals surface area contributed by atoms with E-state index in [0.29, 0.717) is 29.2 Å². The number of carbonyl (C=O) groups is 1. The van der Waals surface area contributed by atoms with E-state index in [9.17, 15) is 14.9 Å². The summed E-state index contributed by atoms with van der Waals surface area (Å²) in [5.41, 5.74) is 1.78. The topological polar surface area (TPSA) is 75.5 Å². The van der Waals surface area contributed by atoms with Crippen LogP contribution in [-0.4, -0.2) is 35.4 Å². The van der Waals surface area contributed by atoms with Crippen LogP contribution in [0.2, 0.25) is 0 Å². The maximum Gasteiger partial charge on any atom is 0.269 e. The fourth-order valence-corrected chi connectivity index (χ4v) is 9.25. The van der Waals surface area contributed by atoms with E-state index >= 15 is 0 Å². The highest BCUT2D eigenvalue weighted by molar-refractivity contribution is 5.77. The number of anilines is 1. The van der Waals surface area contributed by atoms with Crippen LogP contribution in [0.5, 0.6) is 0 Å². The van der Waals surface area contributed by atoms with Gasteiger partial charge in [-0.3, -0.25) is 14.9 Å². The predicted octanol–water partition coefficient (Wildman–Crippen LogP) is 6.12. The van der Waals surface area contributed by atoms with Gasteiger partial charge in [0, 0.05) is 43.9 Å². The Balaban J connectivity index is 1.27. The van der Waals surface area contributed by atoms with Crippen LogP contribution >= 0.6 is 0 Å². The highest BCUT2D eigenvalue weighted by Crippen LogP contribution is 2.67. The number of rotatable bonds is 5. The molecule has 1 saturated heterocycles. The number of nitro groups is 1. The van der Waals surface area contributed by atoms with E-state index in [4.69, 9.17) is 0 Å². The molecular formula is C28H41N3O3. The van der Waals surface area contributed by atoms with Gasteiger partial charge in [-0.1, -0.05) is 20.8 Å². The summed E-state index contributed by atoms with van der Waals surface area (Å²) in [5, 5.41) is 14.5. The van der Waals surface area contributed by atoms with Crippen molar-refractivity contribution in [2.24, 2.45) is 40.4 Å². The molecule has 0 spiro atoms. The number of nitro benzene ring substituents is 1. The zero-order chi connectivity index (χ0) is 24.3. The number of likely N-dealkylation sites (tertiary alicyclic amines) is 1. The zero-order valence-electron chi connectivity index (χ0n) is 21.3. The van der Waals surface area contributed by atoms with Gasteiger partial charge in [-0.25, -0.2) is 0 Å². The van der Waals surface area contributed by atoms with Crippen LogP contribution in [0.25, 0.3) is 0 Å². The second-order valence-corrected chi connectivity index (χ2v) is 12.4. The number of amides is 1. The fraction of sp³-hybridized carbons (Fsp3) is 0.750. The Morgan fingerprint density at radius 2 is 1.76 bits per heavy atom. The summed E-state index contributed by atoms with van der Waals surface area (Å²) in [4.78, 5) is 25.1. The Kier molecular flexibility index (Phi) is 5.92. The van der Waals surface area contributed by atoms with E-state index in [1.165, 1.54) is 38.5 Å². The molecule has 6 heteroatoms. The Morgan fingerprint density at radius 1 is 1.06 bits per heavy atom. The van der Waals surface area contributed by atoms with E-state index < -0.39 is 0 Å². The number of benzene rings is 1. The molecule has 186 valence electrons. The summed E-state index contributed by atoms with van der Waals surface area (Å²) in [5.74, 6) is 3.99. The van der Waals surface area contributed by atoms with Crippen molar-refractivity contribution in [2.75, 3.05) is 18.9 Å². The van der Waals surface area contributed by atoms with Gasteiger partial charge in [-0.2, -0.15) is 0 Å². The molecule has 0 radical (unpaired) electrons. The molecule has 1 aromatic carbocycles. The molecule has 0 aromatic heterocycles. The van der Waals surface area contributed by atoms with Gasteiger partial charge in [-0.05, 0) is 97.5 Å². The highest BCUT2D eigenvalue weighted by atomic mass is 16.6. The van der Waals surface area contributed by atoms with Crippen LogP contribution in [0.1, 0.15) is 72.1 Å². The lowest BCUT2D eigenvalue weighted by Gasteiger charge is -2.62. The van der Waals surface area contributed by atoms with Crippen LogP contribution < -0.4 is 5.32 Å². The molecule has 3 saturated carbocycles. The highest BCUT2D eigenvalue weighted by Gasteiger charge is 2.61. The van der Waals surface area contributed by atoms with Gasteiger partial charge in [0.2, 0.25) is 5.91 Å². The lowest BCUT2D eigenvalue weighted by Crippen LogP contribution is -2.61. The minimum atomic E-state index is -0.348. The molecule has 1 aliphatic heterocycles. The van der Waals surface area contributed by atoms with E-state index in [1.807, 2.05) is 19.2 Å². The number of fused-ring (bicyclic) bond motifs is 5. The minimum Gasteiger partial charge on any atom is -0.385 e. The molecule has 1 amide bonds. The maximum absolute atomic E-state index is 12.4. The SMILES string of the molecule is CC(CNc1ccc([N+](=O)[O-])cc1)[C@H]1CC[C@H]2[C@@H]3CCC4N(C)C(=O)CC[C@]4(C)[C@H]3CC[C@]12C. The van der Waals surface area contributed by atoms with E-state index in [-0.39, 0.29) is 16.0 Å². The van der Waals surface area contributed by atoms with Gasteiger partial charge < -0.3 is 10.2 Å². The second-order valence-electron chi connectivity index (χ2n) is 12.4. The summed E-state index contributed by atoms with van der Waals surface area (Å²) in [6, 6.07) is 7.23. The molecular weight excluding hydrogens is 426 g/mol. The first-order chi connectivity index (χ1) is 16.1. The number of hydrogen-bond donors (Lipinski definition) is 1. The largest absolute Gasteiger partial charge is 0.385 e. The van der Waals surface area contributed by atoms with Crippen molar-refractivity contribution in [2.45, 2.75) is 78.2 Å². The van der Waals surface area contributed by atoms with Crippen LogP contribution in [-0.2, 0) is 4.79 Å². The Labute approximate surface area is 204 Å². The van der Waals surface area contributed by atoms with Gasteiger partial charge in [0.1, 0.15) is 0 Å². The summed E-state index contributed by atoms with van der Waals surface area (Å²) in [6.45, 7) is 8.39. The molecule has 1 aromatic rings. The number of carbonyl (C=O) groups excluding carboxylic acids is 1. The molecule has 4 fully saturated rings. The maximum atomic E-state index is 12.4. The first kappa shape index (κ1) is 23.6. The molecule has 4 aliphatic rings. The minimum absolute atomic E-state index is 0.137. The summed E-state index contributed by atoms with van der Waals surface area (Å²) >= 11 is 0. The summed E-state index contributed by atoms with van der Waals surface area (Å²) < 4.78 is 0. The second kappa shape index (κ2) is 8.53. The average molecular weight is 468 g/mol. The molecule has 6 nitrogen and oxygen atoms in total. The number of nitrogens with zero attached hydrogens (tertiary/aromatic N) is 2. The lowest BCUT2D eigenvalue weighted by atomic mass is 9.46. The number of non-ortho nitro benzene ring substituents is 1. The first-order valence-electron chi connectivity index (χ1n) is 13.4. The van der Waals surface area contributed by atoms with Crippen molar-refractivity contribution in [3.8, 4) is 0 Å². The summed E-state index contributed by atoms with van der Waals surface area (Å²) in [6.07, 6.45) is 9.54. The Morgan fingerprint density at radius 3 is 2.47 bits per heavy atom. The van der Waals surface area contributed by atoms with Crippen molar-refractivity contribution in [3.05, 3.63) is 34.4 Å².